The molecule has 0 bridgehead atoms. The number of piperidine rings is 1. The Hall–Kier alpha value is -1.47. The average molecular weight is 322 g/mol. The van der Waals surface area contributed by atoms with E-state index in [0.717, 1.165) is 49.4 Å². The van der Waals surface area contributed by atoms with Crippen LogP contribution in [0.15, 0.2) is 12.4 Å². The Morgan fingerprint density at radius 2 is 2.09 bits per heavy atom. The summed E-state index contributed by atoms with van der Waals surface area (Å²) in [5, 5.41) is 0. The molecule has 1 aliphatic carbocycles. The topological polar surface area (TPSA) is 75.2 Å². The molecule has 0 radical (unpaired) electrons. The Balaban J connectivity index is 1.63. The third kappa shape index (κ3) is 3.30. The van der Waals surface area contributed by atoms with Crippen molar-refractivity contribution < 1.29 is 8.42 Å². The van der Waals surface area contributed by atoms with Crippen molar-refractivity contribution in [2.24, 2.45) is 0 Å². The van der Waals surface area contributed by atoms with E-state index in [1.54, 1.807) is 6.33 Å². The average Bonchev–Trinajstić information content (AvgIpc) is 2.96. The molecular weight excluding hydrogens is 300 g/mol. The highest BCUT2D eigenvalue weighted by Crippen LogP contribution is 2.28. The fourth-order valence-corrected chi connectivity index (χ4v) is 4.48. The quantitative estimate of drug-likeness (QED) is 0.885. The van der Waals surface area contributed by atoms with E-state index in [2.05, 4.69) is 31.7 Å². The van der Waals surface area contributed by atoms with Crippen molar-refractivity contribution in [3.05, 3.63) is 23.7 Å². The normalized spacial score (nSPS) is 18.7. The lowest BCUT2D eigenvalue weighted by molar-refractivity contribution is 0.458. The molecule has 2 aliphatic rings. The van der Waals surface area contributed by atoms with Crippen LogP contribution in [0.4, 0.5) is 5.82 Å². The zero-order valence-electron chi connectivity index (χ0n) is 12.8. The molecule has 0 atom stereocenters. The van der Waals surface area contributed by atoms with Crippen molar-refractivity contribution in [1.82, 2.24) is 14.7 Å². The van der Waals surface area contributed by atoms with Gasteiger partial charge in [0.2, 0.25) is 10.0 Å². The van der Waals surface area contributed by atoms with E-state index in [-0.39, 0.29) is 11.8 Å². The highest BCUT2D eigenvalue weighted by Gasteiger charge is 2.25. The van der Waals surface area contributed by atoms with Crippen molar-refractivity contribution in [3.63, 3.8) is 0 Å². The molecule has 1 N–H and O–H groups in total. The van der Waals surface area contributed by atoms with Gasteiger partial charge in [-0.05, 0) is 19.3 Å². The molecule has 0 aromatic carbocycles. The van der Waals surface area contributed by atoms with Crippen molar-refractivity contribution in [3.8, 4) is 0 Å². The zero-order valence-corrected chi connectivity index (χ0v) is 13.6. The van der Waals surface area contributed by atoms with Crippen molar-refractivity contribution in [2.45, 2.75) is 38.6 Å². The lowest BCUT2D eigenvalue weighted by atomic mass is 10.1. The molecule has 2 heterocycles. The second-order valence-electron chi connectivity index (χ2n) is 5.86. The van der Waals surface area contributed by atoms with Crippen molar-refractivity contribution in [1.29, 1.82) is 0 Å². The van der Waals surface area contributed by atoms with Gasteiger partial charge in [-0.15, -0.1) is 0 Å². The van der Waals surface area contributed by atoms with Gasteiger partial charge in [0, 0.05) is 31.1 Å². The minimum Gasteiger partial charge on any atom is -0.356 e. The summed E-state index contributed by atoms with van der Waals surface area (Å²) in [5.74, 6) is 1.19. The van der Waals surface area contributed by atoms with Gasteiger partial charge in [-0.1, -0.05) is 19.1 Å². The summed E-state index contributed by atoms with van der Waals surface area (Å²) in [5.41, 5.74) is 2.20. The summed E-state index contributed by atoms with van der Waals surface area (Å²) in [6.45, 7) is 3.51. The smallest absolute Gasteiger partial charge is 0.211 e. The molecule has 1 aromatic rings. The first kappa shape index (κ1) is 15.4. The highest BCUT2D eigenvalue weighted by molar-refractivity contribution is 7.89. The predicted molar refractivity (Wildman–Crippen MR) is 87.2 cm³/mol. The van der Waals surface area contributed by atoms with Crippen molar-refractivity contribution >= 4 is 21.9 Å². The third-order valence-electron chi connectivity index (χ3n) is 4.15. The second kappa shape index (κ2) is 6.34. The van der Waals surface area contributed by atoms with Gasteiger partial charge < -0.3 is 4.90 Å². The van der Waals surface area contributed by atoms with E-state index in [9.17, 15) is 8.42 Å². The molecular formula is C15H22N4O2S. The van der Waals surface area contributed by atoms with Gasteiger partial charge in [0.25, 0.3) is 0 Å². The van der Waals surface area contributed by atoms with Crippen LogP contribution in [-0.2, 0) is 16.4 Å². The van der Waals surface area contributed by atoms with Crippen LogP contribution in [0.2, 0.25) is 0 Å². The first-order valence-corrected chi connectivity index (χ1v) is 9.49. The number of anilines is 1. The van der Waals surface area contributed by atoms with Gasteiger partial charge >= 0.3 is 0 Å². The Kier molecular flexibility index (Phi) is 4.44. The van der Waals surface area contributed by atoms with E-state index in [1.165, 1.54) is 0 Å². The van der Waals surface area contributed by atoms with Gasteiger partial charge in [0.1, 0.15) is 12.1 Å². The minimum atomic E-state index is -3.13. The summed E-state index contributed by atoms with van der Waals surface area (Å²) in [4.78, 5) is 11.0. The van der Waals surface area contributed by atoms with Crippen LogP contribution in [0.25, 0.3) is 6.08 Å². The third-order valence-corrected chi connectivity index (χ3v) is 5.79. The maximum atomic E-state index is 11.8. The van der Waals surface area contributed by atoms with E-state index >= 15 is 0 Å². The summed E-state index contributed by atoms with van der Waals surface area (Å²) < 4.78 is 26.5. The predicted octanol–water partition coefficient (Wildman–Crippen LogP) is 1.34. The number of sulfonamides is 1. The van der Waals surface area contributed by atoms with Crippen LogP contribution >= 0.6 is 0 Å². The van der Waals surface area contributed by atoms with Crippen molar-refractivity contribution in [2.75, 3.05) is 23.7 Å². The first-order chi connectivity index (χ1) is 10.6. The molecule has 120 valence electrons. The van der Waals surface area contributed by atoms with Crippen LogP contribution in [0, 0.1) is 0 Å². The zero-order chi connectivity index (χ0) is 15.6. The van der Waals surface area contributed by atoms with Gasteiger partial charge in [0.05, 0.1) is 11.4 Å². The Bertz CT molecular complexity index is 664. The summed E-state index contributed by atoms with van der Waals surface area (Å²) in [6, 6.07) is 0.0400. The standard InChI is InChI=1S/C15H22N4O2S/c1-2-10-22(20,21)18-12-6-8-19(9-7-12)15-13-4-3-5-14(13)16-11-17-15/h3-4,11-12,18H,2,5-10H2,1H3. The maximum Gasteiger partial charge on any atom is 0.211 e. The molecule has 0 unspecified atom stereocenters. The summed E-state index contributed by atoms with van der Waals surface area (Å²) >= 11 is 0. The molecule has 1 aliphatic heterocycles. The lowest BCUT2D eigenvalue weighted by Gasteiger charge is -2.33. The molecule has 1 aromatic heterocycles. The van der Waals surface area contributed by atoms with Crippen LogP contribution in [0.1, 0.15) is 37.4 Å². The summed E-state index contributed by atoms with van der Waals surface area (Å²) in [7, 11) is -3.13. The van der Waals surface area contributed by atoms with E-state index in [4.69, 9.17) is 0 Å². The van der Waals surface area contributed by atoms with Crippen LogP contribution in [0.5, 0.6) is 0 Å². The largest absolute Gasteiger partial charge is 0.356 e. The van der Waals surface area contributed by atoms with Crippen LogP contribution < -0.4 is 9.62 Å². The molecule has 3 rings (SSSR count). The number of fused-ring (bicyclic) bond motifs is 1. The molecule has 7 heteroatoms. The molecule has 1 fully saturated rings. The number of allylic oxidation sites excluding steroid dienone is 1. The second-order valence-corrected chi connectivity index (χ2v) is 7.74. The lowest BCUT2D eigenvalue weighted by Crippen LogP contribution is -2.45. The Morgan fingerprint density at radius 3 is 2.82 bits per heavy atom. The number of rotatable bonds is 5. The first-order valence-electron chi connectivity index (χ1n) is 7.84. The fourth-order valence-electron chi connectivity index (χ4n) is 3.09. The van der Waals surface area contributed by atoms with Crippen LogP contribution in [-0.4, -0.2) is 43.3 Å². The van der Waals surface area contributed by atoms with Crippen LogP contribution in [0.3, 0.4) is 0 Å². The van der Waals surface area contributed by atoms with Gasteiger partial charge in [-0.2, -0.15) is 0 Å². The molecule has 22 heavy (non-hydrogen) atoms. The maximum absolute atomic E-state index is 11.8. The number of nitrogens with one attached hydrogen (secondary N) is 1. The number of hydrogen-bond acceptors (Lipinski definition) is 5. The Labute approximate surface area is 131 Å². The SMILES string of the molecule is CCCS(=O)(=O)NC1CCN(c2ncnc3c2C=CC3)CC1. The van der Waals surface area contributed by atoms with Gasteiger partial charge in [-0.3, -0.25) is 0 Å². The van der Waals surface area contributed by atoms with E-state index in [0.29, 0.717) is 6.42 Å². The monoisotopic (exact) mass is 322 g/mol. The Morgan fingerprint density at radius 1 is 1.32 bits per heavy atom. The highest BCUT2D eigenvalue weighted by atomic mass is 32.2. The van der Waals surface area contributed by atoms with Gasteiger partial charge in [-0.25, -0.2) is 23.1 Å². The molecule has 0 amide bonds. The number of aromatic nitrogens is 2. The number of nitrogens with zero attached hydrogens (tertiary/aromatic N) is 3. The summed E-state index contributed by atoms with van der Waals surface area (Å²) in [6.07, 6.45) is 8.95. The molecule has 6 nitrogen and oxygen atoms in total. The van der Waals surface area contributed by atoms with Gasteiger partial charge in [0.15, 0.2) is 0 Å². The number of hydrogen-bond donors (Lipinski definition) is 1. The van der Waals surface area contributed by atoms with E-state index < -0.39 is 10.0 Å². The molecule has 0 saturated carbocycles. The molecule has 1 saturated heterocycles. The molecule has 0 spiro atoms. The fraction of sp³-hybridized carbons (Fsp3) is 0.600. The van der Waals surface area contributed by atoms with E-state index in [1.807, 2.05) is 6.92 Å². The minimum absolute atomic E-state index is 0.0400.